The van der Waals surface area contributed by atoms with E-state index >= 15 is 0 Å². The van der Waals surface area contributed by atoms with Crippen LogP contribution in [-0.4, -0.2) is 102 Å². The first-order chi connectivity index (χ1) is 52.6. The summed E-state index contributed by atoms with van der Waals surface area (Å²) in [7, 11) is 0. The second kappa shape index (κ2) is 26.8. The first-order valence-corrected chi connectivity index (χ1v) is 26.1. The standard InChI is InChI=1S/3C19H17ClFN5S/c3*20-17-8-16-18(27-17)19(24-11-23-16)25-14-3-5-26(6-4-14)10-12-1-2-15(21)13(7-12)9-22/h3*1-2,7-8,11,14H,3-6,10H2,(H,23,24,25)/i2D,3D2,4D2,5D2,6D2,8D,10D,14D;2D,3D2,4D2,8D,10D2,11D,14D;2D,3D2,4D2,8D,10D,11D,14D/hD3. The Bertz CT molecular complexity index is 5500. The summed E-state index contributed by atoms with van der Waals surface area (Å²) in [5.74, 6) is -5.12. The smallest absolute Gasteiger partial charge is 0.162 e. The Morgan fingerprint density at radius 1 is 0.568 bits per heavy atom. The molecule has 0 bridgehead atoms. The lowest BCUT2D eigenvalue weighted by Gasteiger charge is -2.32. The van der Waals surface area contributed by atoms with E-state index < -0.39 is 203 Å². The normalized spacial score (nSPS) is 28.9. The summed E-state index contributed by atoms with van der Waals surface area (Å²) in [6, 6.07) is -3.21. The maximum Gasteiger partial charge on any atom is 0.162 e. The molecule has 12 rings (SSSR count). The molecule has 9 heterocycles. The minimum Gasteiger partial charge on any atom is -0.366 e. The minimum atomic E-state index is -3.82. The number of nitriles is 3. The molecule has 9 aromatic rings. The van der Waals surface area contributed by atoms with E-state index in [1.165, 1.54) is 12.1 Å². The Balaban J connectivity index is 0.000000182. The summed E-state index contributed by atoms with van der Waals surface area (Å²) in [4.78, 5) is 24.5. The number of fused-ring (bicyclic) bond motifs is 3. The lowest BCUT2D eigenvalue weighted by atomic mass is 10.0. The Morgan fingerprint density at radius 3 is 1.41 bits per heavy atom. The van der Waals surface area contributed by atoms with Gasteiger partial charge in [-0.05, 0) is 109 Å². The molecule has 81 heavy (non-hydrogen) atoms. The molecule has 15 nitrogen and oxygen atoms in total. The third-order valence-electron chi connectivity index (χ3n) is 10.5. The van der Waals surface area contributed by atoms with Crippen molar-refractivity contribution in [3.05, 3.63) is 155 Å². The van der Waals surface area contributed by atoms with Gasteiger partial charge in [0, 0.05) is 104 Å². The van der Waals surface area contributed by atoms with Crippen molar-refractivity contribution in [1.29, 1.82) is 15.8 Å². The molecule has 6 aromatic heterocycles. The lowest BCUT2D eigenvalue weighted by molar-refractivity contribution is 0.211. The summed E-state index contributed by atoms with van der Waals surface area (Å²) in [5, 5.41) is 27.7. The molecule has 3 aliphatic rings. The number of halogens is 6. The Morgan fingerprint density at radius 2 is 0.951 bits per heavy atom. The molecule has 24 heteroatoms. The predicted molar refractivity (Wildman–Crippen MR) is 316 cm³/mol. The average molecular weight is 1240 g/mol. The van der Waals surface area contributed by atoms with Gasteiger partial charge in [-0.2, -0.15) is 15.8 Å². The molecular formula is C57H51Cl3F3N15S3. The van der Waals surface area contributed by atoms with Crippen molar-refractivity contribution < 1.29 is 59.9 Å². The highest BCUT2D eigenvalue weighted by atomic mass is 35.5. The highest BCUT2D eigenvalue weighted by molar-refractivity contribution is 7.24. The van der Waals surface area contributed by atoms with Crippen molar-refractivity contribution in [2.75, 3.05) is 55.1 Å². The maximum absolute atomic E-state index is 14.1. The zero-order valence-corrected chi connectivity index (χ0v) is 44.9. The summed E-state index contributed by atoms with van der Waals surface area (Å²) in [5.41, 5.74) is -3.11. The number of nitrogens with zero attached hydrogens (tertiary/aromatic N) is 12. The predicted octanol–water partition coefficient (Wildman–Crippen LogP) is 13.3. The van der Waals surface area contributed by atoms with Crippen LogP contribution in [0.3, 0.4) is 0 Å². The van der Waals surface area contributed by atoms with Crippen LogP contribution in [0, 0.1) is 51.4 Å². The number of rotatable bonds is 12. The van der Waals surface area contributed by atoms with Gasteiger partial charge >= 0.3 is 0 Å². The van der Waals surface area contributed by atoms with E-state index in [-0.39, 0.29) is 93.7 Å². The van der Waals surface area contributed by atoms with E-state index in [1.54, 1.807) is 6.07 Å². The second-order valence-electron chi connectivity index (χ2n) is 15.9. The quantitative estimate of drug-likeness (QED) is 0.104. The Hall–Kier alpha value is -6.81. The van der Waals surface area contributed by atoms with Gasteiger partial charge < -0.3 is 15.9 Å². The van der Waals surface area contributed by atoms with Crippen LogP contribution in [0.15, 0.2) is 91.6 Å². The van der Waals surface area contributed by atoms with E-state index in [4.69, 9.17) is 97.3 Å². The molecule has 3 N–H and O–H groups in total. The van der Waals surface area contributed by atoms with E-state index in [0.29, 0.717) is 17.4 Å². The van der Waals surface area contributed by atoms with Gasteiger partial charge in [-0.25, -0.2) is 43.1 Å². The third-order valence-corrected chi connectivity index (χ3v) is 14.0. The first kappa shape index (κ1) is 28.9. The van der Waals surface area contributed by atoms with Crippen molar-refractivity contribution in [2.45, 2.75) is 75.8 Å². The van der Waals surface area contributed by atoms with Crippen LogP contribution >= 0.6 is 68.8 Å². The number of benzene rings is 3. The number of nitrogens with one attached hydrogen (secondary N) is 3. The fourth-order valence-corrected chi connectivity index (χ4v) is 9.96. The maximum atomic E-state index is 14.1. The summed E-state index contributed by atoms with van der Waals surface area (Å²) >= 11 is 20.2. The third kappa shape index (κ3) is 14.8. The van der Waals surface area contributed by atoms with Gasteiger partial charge in [0.15, 0.2) is 4.24 Å². The molecule has 0 radical (unpaired) electrons. The molecule has 3 fully saturated rings. The highest BCUT2D eigenvalue weighted by Crippen LogP contribution is 2.36. The summed E-state index contributed by atoms with van der Waals surface area (Å²) in [6.45, 7) is -17.3. The number of likely N-dealkylation sites (tertiary alicyclic amines) is 3. The molecule has 0 amide bonds. The molecule has 2 atom stereocenters. The van der Waals surface area contributed by atoms with Crippen molar-refractivity contribution in [1.82, 2.24) is 44.6 Å². The molecule has 2 unspecified atom stereocenters. The van der Waals surface area contributed by atoms with Crippen LogP contribution in [0.25, 0.3) is 30.6 Å². The SMILES string of the molecule is [2H]c1cc(C([2H])N2C([2H])([2H])C([2H])([2H])C([2H])(N([2H])c3ncnc4c([2H])c(Cl)sc34)C([2H])([2H])C2([2H])[2H])cc(C#N)c1F.[2H]c1nc(N([2H])C2([2H])C([2H])([2H])CN(C([2H])([2H])c3cc([2H])c(F)c(C#N)c3)CC2([2H])[2H])c2sc(Cl)c([2H])c2n1.[2H]c1nc(N([2H])C2([2H])C([2H])([2H])CN(C([2H])c3cc([2H])c(F)c(C#N)c3)CC2([2H])[2H])c2sc(Cl)c([2H])c2n1. The Labute approximate surface area is 540 Å². The van der Waals surface area contributed by atoms with Crippen molar-refractivity contribution in [3.8, 4) is 18.2 Å². The number of hydrogen-bond donors (Lipinski definition) is 3. The topological polar surface area (TPSA) is 195 Å². The molecule has 0 aliphatic carbocycles. The largest absolute Gasteiger partial charge is 0.366 e. The molecule has 3 saturated heterocycles. The van der Waals surface area contributed by atoms with Gasteiger partial charge in [0.05, 0.1) is 72.7 Å². The highest BCUT2D eigenvalue weighted by Gasteiger charge is 2.25. The number of hydrogen-bond acceptors (Lipinski definition) is 18. The van der Waals surface area contributed by atoms with Crippen LogP contribution in [0.4, 0.5) is 30.6 Å². The van der Waals surface area contributed by atoms with Crippen molar-refractivity contribution >= 4 is 117 Å². The van der Waals surface area contributed by atoms with Gasteiger partial charge in [-0.3, -0.25) is 14.7 Å². The van der Waals surface area contributed by atoms with Crippen molar-refractivity contribution in [2.24, 2.45) is 0 Å². The zero-order valence-electron chi connectivity index (χ0n) is 74.2. The molecule has 414 valence electrons. The van der Waals surface area contributed by atoms with Crippen LogP contribution < -0.4 is 15.9 Å². The number of thiophene rings is 3. The van der Waals surface area contributed by atoms with E-state index in [9.17, 15) is 13.2 Å². The van der Waals surface area contributed by atoms with Crippen LogP contribution in [-0.2, 0) is 19.5 Å². The van der Waals surface area contributed by atoms with Crippen LogP contribution in [0.5, 0.6) is 0 Å². The molecular weight excluding hydrogens is 1150 g/mol. The fourth-order valence-electron chi connectivity index (χ4n) is 6.87. The molecule has 3 aromatic carbocycles. The van der Waals surface area contributed by atoms with Crippen LogP contribution in [0.2, 0.25) is 17.2 Å². The second-order valence-corrected chi connectivity index (χ2v) is 20.7. The van der Waals surface area contributed by atoms with Gasteiger partial charge in [0.25, 0.3) is 0 Å². The number of anilines is 3. The molecule has 0 saturated carbocycles. The van der Waals surface area contributed by atoms with Gasteiger partial charge in [0.1, 0.15) is 74.8 Å². The van der Waals surface area contributed by atoms with E-state index in [2.05, 4.69) is 29.9 Å². The summed E-state index contributed by atoms with van der Waals surface area (Å²) in [6.07, 6.45) is -19.7. The molecule has 3 aliphatic heterocycles. The monoisotopic (exact) mass is 1240 g/mol. The fraction of sp³-hybridized carbons (Fsp3) is 0.316. The average Bonchev–Trinajstić information content (AvgIpc) is 0.841. The van der Waals surface area contributed by atoms with E-state index in [1.807, 2.05) is 0 Å². The van der Waals surface area contributed by atoms with Crippen LogP contribution in [0.1, 0.15) is 114 Å². The lowest BCUT2D eigenvalue weighted by Crippen LogP contribution is -2.38. The van der Waals surface area contributed by atoms with Crippen molar-refractivity contribution in [3.63, 3.8) is 0 Å². The summed E-state index contributed by atoms with van der Waals surface area (Å²) < 4.78 is 329. The number of piperidine rings is 3. The van der Waals surface area contributed by atoms with E-state index in [0.717, 1.165) is 69.1 Å². The minimum absolute atomic E-state index is 0.0124. The zero-order chi connectivity index (χ0) is 86.6. The van der Waals surface area contributed by atoms with Gasteiger partial charge in [-0.15, -0.1) is 34.0 Å². The Kier molecular flexibility index (Phi) is 9.59. The van der Waals surface area contributed by atoms with Gasteiger partial charge in [-0.1, -0.05) is 53.0 Å². The van der Waals surface area contributed by atoms with Gasteiger partial charge in [0.2, 0.25) is 0 Å². The first-order valence-electron chi connectivity index (χ1n) is 39.5. The number of aromatic nitrogens is 6. The molecule has 0 spiro atoms.